The number of amides is 1. The lowest BCUT2D eigenvalue weighted by Crippen LogP contribution is -2.32. The number of aryl methyl sites for hydroxylation is 1. The molecule has 0 saturated heterocycles. The minimum atomic E-state index is -0.279. The second-order valence-corrected chi connectivity index (χ2v) is 3.47. The summed E-state index contributed by atoms with van der Waals surface area (Å²) in [5, 5.41) is 4.02. The van der Waals surface area contributed by atoms with Crippen molar-refractivity contribution in [2.24, 2.45) is 12.8 Å². The fraction of sp³-hybridized carbons (Fsp3) is 0.556. The van der Waals surface area contributed by atoms with Crippen LogP contribution in [0.1, 0.15) is 11.5 Å². The summed E-state index contributed by atoms with van der Waals surface area (Å²) < 4.78 is 1.67. The Kier molecular flexibility index (Phi) is 3.24. The Hall–Kier alpha value is -1.36. The van der Waals surface area contributed by atoms with Gasteiger partial charge in [0.2, 0.25) is 5.91 Å². The predicted molar refractivity (Wildman–Crippen MR) is 53.7 cm³/mol. The SMILES string of the molecule is CN(C)C(=O)[C@H](CN)c1cnn(C)c1. The minimum Gasteiger partial charge on any atom is -0.348 e. The van der Waals surface area contributed by atoms with Gasteiger partial charge < -0.3 is 10.6 Å². The summed E-state index contributed by atoms with van der Waals surface area (Å²) in [6, 6.07) is 0. The lowest BCUT2D eigenvalue weighted by molar-refractivity contribution is -0.130. The number of carbonyl (C=O) groups excluding carboxylic acids is 1. The van der Waals surface area contributed by atoms with Crippen LogP contribution in [0.3, 0.4) is 0 Å². The second-order valence-electron chi connectivity index (χ2n) is 3.47. The molecule has 0 radical (unpaired) electrons. The Morgan fingerprint density at radius 2 is 2.36 bits per heavy atom. The molecule has 1 amide bonds. The summed E-state index contributed by atoms with van der Waals surface area (Å²) in [6.45, 7) is 0.308. The van der Waals surface area contributed by atoms with E-state index in [-0.39, 0.29) is 11.8 Å². The molecular formula is C9H16N4O. The van der Waals surface area contributed by atoms with Crippen LogP contribution >= 0.6 is 0 Å². The minimum absolute atomic E-state index is 0.0144. The van der Waals surface area contributed by atoms with E-state index in [9.17, 15) is 4.79 Å². The van der Waals surface area contributed by atoms with E-state index in [0.29, 0.717) is 6.54 Å². The third-order valence-electron chi connectivity index (χ3n) is 2.10. The lowest BCUT2D eigenvalue weighted by Gasteiger charge is -2.17. The van der Waals surface area contributed by atoms with E-state index >= 15 is 0 Å². The molecule has 0 spiro atoms. The molecule has 0 aliphatic carbocycles. The van der Waals surface area contributed by atoms with Gasteiger partial charge in [0.05, 0.1) is 12.1 Å². The molecule has 1 aromatic rings. The smallest absolute Gasteiger partial charge is 0.231 e. The first-order valence-corrected chi connectivity index (χ1v) is 4.46. The van der Waals surface area contributed by atoms with Gasteiger partial charge in [0.15, 0.2) is 0 Å². The molecule has 0 aliphatic rings. The summed E-state index contributed by atoms with van der Waals surface area (Å²) in [5.74, 6) is -0.265. The van der Waals surface area contributed by atoms with Crippen molar-refractivity contribution in [1.29, 1.82) is 0 Å². The normalized spacial score (nSPS) is 12.6. The van der Waals surface area contributed by atoms with Crippen LogP contribution in [0.5, 0.6) is 0 Å². The molecule has 5 nitrogen and oxygen atoms in total. The largest absolute Gasteiger partial charge is 0.348 e. The third-order valence-corrected chi connectivity index (χ3v) is 2.10. The van der Waals surface area contributed by atoms with Crippen LogP contribution in [0.15, 0.2) is 12.4 Å². The molecule has 1 atom stereocenters. The van der Waals surface area contributed by atoms with Gasteiger partial charge >= 0.3 is 0 Å². The van der Waals surface area contributed by atoms with Crippen molar-refractivity contribution in [2.45, 2.75) is 5.92 Å². The zero-order valence-corrected chi connectivity index (χ0v) is 8.77. The van der Waals surface area contributed by atoms with Gasteiger partial charge in [-0.05, 0) is 0 Å². The van der Waals surface area contributed by atoms with Crippen LogP contribution in [0, 0.1) is 0 Å². The van der Waals surface area contributed by atoms with Crippen LogP contribution in [-0.4, -0.2) is 41.2 Å². The zero-order chi connectivity index (χ0) is 10.7. The second kappa shape index (κ2) is 4.23. The molecular weight excluding hydrogens is 180 g/mol. The Bertz CT molecular complexity index is 318. The van der Waals surface area contributed by atoms with Crippen molar-refractivity contribution in [3.8, 4) is 0 Å². The number of hydrogen-bond acceptors (Lipinski definition) is 3. The fourth-order valence-corrected chi connectivity index (χ4v) is 1.31. The quantitative estimate of drug-likeness (QED) is 0.712. The fourth-order valence-electron chi connectivity index (χ4n) is 1.31. The highest BCUT2D eigenvalue weighted by atomic mass is 16.2. The molecule has 0 saturated carbocycles. The van der Waals surface area contributed by atoms with E-state index in [1.165, 1.54) is 0 Å². The van der Waals surface area contributed by atoms with Gasteiger partial charge in [-0.1, -0.05) is 0 Å². The topological polar surface area (TPSA) is 64.2 Å². The van der Waals surface area contributed by atoms with E-state index in [1.807, 2.05) is 13.2 Å². The summed E-state index contributed by atoms with van der Waals surface area (Å²) in [7, 11) is 5.26. The van der Waals surface area contributed by atoms with Crippen molar-refractivity contribution in [1.82, 2.24) is 14.7 Å². The third kappa shape index (κ3) is 2.11. The van der Waals surface area contributed by atoms with E-state index in [4.69, 9.17) is 5.73 Å². The summed E-state index contributed by atoms with van der Waals surface area (Å²) in [5.41, 5.74) is 6.44. The standard InChI is InChI=1S/C9H16N4O/c1-12(2)9(14)8(4-10)7-5-11-13(3)6-7/h5-6,8H,4,10H2,1-3H3/t8-/m1/s1. The Morgan fingerprint density at radius 1 is 1.71 bits per heavy atom. The Balaban J connectivity index is 2.87. The first kappa shape index (κ1) is 10.7. The molecule has 14 heavy (non-hydrogen) atoms. The number of carbonyl (C=O) groups is 1. The van der Waals surface area contributed by atoms with Crippen molar-refractivity contribution in [2.75, 3.05) is 20.6 Å². The van der Waals surface area contributed by atoms with Crippen LogP contribution in [0.4, 0.5) is 0 Å². The monoisotopic (exact) mass is 196 g/mol. The Morgan fingerprint density at radius 3 is 2.71 bits per heavy atom. The number of hydrogen-bond donors (Lipinski definition) is 1. The molecule has 78 valence electrons. The van der Waals surface area contributed by atoms with Crippen LogP contribution in [-0.2, 0) is 11.8 Å². The maximum atomic E-state index is 11.7. The molecule has 0 unspecified atom stereocenters. The number of likely N-dealkylation sites (N-methyl/N-ethyl adjacent to an activating group) is 1. The van der Waals surface area contributed by atoms with Crippen LogP contribution < -0.4 is 5.73 Å². The maximum Gasteiger partial charge on any atom is 0.231 e. The molecule has 0 bridgehead atoms. The molecule has 2 N–H and O–H groups in total. The number of nitrogens with two attached hydrogens (primary N) is 1. The number of nitrogens with zero attached hydrogens (tertiary/aromatic N) is 3. The first-order valence-electron chi connectivity index (χ1n) is 4.46. The van der Waals surface area contributed by atoms with Crippen molar-refractivity contribution >= 4 is 5.91 Å². The highest BCUT2D eigenvalue weighted by molar-refractivity contribution is 5.83. The summed E-state index contributed by atoms with van der Waals surface area (Å²) in [4.78, 5) is 13.2. The molecule has 0 fully saturated rings. The first-order chi connectivity index (χ1) is 6.56. The molecule has 1 aromatic heterocycles. The molecule has 1 rings (SSSR count). The van der Waals surface area contributed by atoms with Gasteiger partial charge in [-0.2, -0.15) is 5.10 Å². The molecule has 1 heterocycles. The zero-order valence-electron chi connectivity index (χ0n) is 8.77. The van der Waals surface area contributed by atoms with Crippen LogP contribution in [0.2, 0.25) is 0 Å². The van der Waals surface area contributed by atoms with Gasteiger partial charge in [0.1, 0.15) is 0 Å². The van der Waals surface area contributed by atoms with Gasteiger partial charge in [0, 0.05) is 39.4 Å². The Labute approximate surface area is 83.5 Å². The van der Waals surface area contributed by atoms with Gasteiger partial charge in [-0.25, -0.2) is 0 Å². The molecule has 0 aliphatic heterocycles. The number of rotatable bonds is 3. The van der Waals surface area contributed by atoms with E-state index in [0.717, 1.165) is 5.56 Å². The van der Waals surface area contributed by atoms with Gasteiger partial charge in [-0.3, -0.25) is 9.48 Å². The summed E-state index contributed by atoms with van der Waals surface area (Å²) in [6.07, 6.45) is 3.50. The predicted octanol–water partition coefficient (Wildman–Crippen LogP) is -0.449. The van der Waals surface area contributed by atoms with Gasteiger partial charge in [-0.15, -0.1) is 0 Å². The van der Waals surface area contributed by atoms with E-state index in [1.54, 1.807) is 29.9 Å². The average molecular weight is 196 g/mol. The van der Waals surface area contributed by atoms with Crippen molar-refractivity contribution in [3.63, 3.8) is 0 Å². The lowest BCUT2D eigenvalue weighted by atomic mass is 10.0. The molecule has 5 heteroatoms. The van der Waals surface area contributed by atoms with Crippen molar-refractivity contribution < 1.29 is 4.79 Å². The summed E-state index contributed by atoms with van der Waals surface area (Å²) >= 11 is 0. The van der Waals surface area contributed by atoms with Crippen LogP contribution in [0.25, 0.3) is 0 Å². The molecule has 0 aromatic carbocycles. The number of aromatic nitrogens is 2. The maximum absolute atomic E-state index is 11.7. The van der Waals surface area contributed by atoms with Crippen molar-refractivity contribution in [3.05, 3.63) is 18.0 Å². The highest BCUT2D eigenvalue weighted by Gasteiger charge is 2.21. The van der Waals surface area contributed by atoms with Gasteiger partial charge in [0.25, 0.3) is 0 Å². The van der Waals surface area contributed by atoms with E-state index < -0.39 is 0 Å². The highest BCUT2D eigenvalue weighted by Crippen LogP contribution is 2.15. The van der Waals surface area contributed by atoms with E-state index in [2.05, 4.69) is 5.10 Å². The average Bonchev–Trinajstić information content (AvgIpc) is 2.53.